The SMILES string of the molecule is CCCNCc1ccc(Cn2cc(I)cn2)cc1. The van der Waals surface area contributed by atoms with Gasteiger partial charge in [0.2, 0.25) is 0 Å². The van der Waals surface area contributed by atoms with E-state index in [-0.39, 0.29) is 0 Å². The van der Waals surface area contributed by atoms with Gasteiger partial charge in [-0.15, -0.1) is 0 Å². The summed E-state index contributed by atoms with van der Waals surface area (Å²) in [5.74, 6) is 0. The first-order valence-electron chi connectivity index (χ1n) is 6.24. The van der Waals surface area contributed by atoms with Gasteiger partial charge in [0.1, 0.15) is 0 Å². The minimum atomic E-state index is 0.839. The summed E-state index contributed by atoms with van der Waals surface area (Å²) in [4.78, 5) is 0. The second-order valence-corrected chi connectivity index (χ2v) is 5.60. The van der Waals surface area contributed by atoms with Gasteiger partial charge in [-0.1, -0.05) is 31.2 Å². The van der Waals surface area contributed by atoms with Crippen molar-refractivity contribution in [3.63, 3.8) is 0 Å². The zero-order valence-corrected chi connectivity index (χ0v) is 12.7. The Morgan fingerprint density at radius 1 is 1.22 bits per heavy atom. The molecule has 0 unspecified atom stereocenters. The van der Waals surface area contributed by atoms with Crippen molar-refractivity contribution in [1.29, 1.82) is 0 Å². The smallest absolute Gasteiger partial charge is 0.0659 e. The topological polar surface area (TPSA) is 29.9 Å². The summed E-state index contributed by atoms with van der Waals surface area (Å²) in [5.41, 5.74) is 2.62. The van der Waals surface area contributed by atoms with Gasteiger partial charge in [-0.3, -0.25) is 4.68 Å². The van der Waals surface area contributed by atoms with Crippen LogP contribution in [-0.4, -0.2) is 16.3 Å². The molecule has 4 heteroatoms. The average Bonchev–Trinajstić information content (AvgIpc) is 2.77. The maximum Gasteiger partial charge on any atom is 0.0659 e. The number of hydrogen-bond donors (Lipinski definition) is 1. The molecule has 1 aromatic carbocycles. The van der Waals surface area contributed by atoms with Gasteiger partial charge in [0.05, 0.1) is 16.3 Å². The van der Waals surface area contributed by atoms with Crippen LogP contribution in [0.25, 0.3) is 0 Å². The fraction of sp³-hybridized carbons (Fsp3) is 0.357. The van der Waals surface area contributed by atoms with Gasteiger partial charge in [-0.05, 0) is 46.7 Å². The van der Waals surface area contributed by atoms with Crippen LogP contribution in [0.15, 0.2) is 36.7 Å². The molecule has 0 bridgehead atoms. The minimum Gasteiger partial charge on any atom is -0.313 e. The van der Waals surface area contributed by atoms with Gasteiger partial charge in [-0.25, -0.2) is 0 Å². The van der Waals surface area contributed by atoms with Gasteiger partial charge < -0.3 is 5.32 Å². The third-order valence-corrected chi connectivity index (χ3v) is 3.28. The highest BCUT2D eigenvalue weighted by Gasteiger charge is 1.98. The Kier molecular flexibility index (Phi) is 5.19. The number of halogens is 1. The molecule has 0 saturated heterocycles. The van der Waals surface area contributed by atoms with E-state index in [1.165, 1.54) is 21.1 Å². The van der Waals surface area contributed by atoms with Gasteiger partial charge in [0, 0.05) is 12.7 Å². The van der Waals surface area contributed by atoms with Crippen LogP contribution in [0.5, 0.6) is 0 Å². The van der Waals surface area contributed by atoms with Crippen molar-refractivity contribution in [2.24, 2.45) is 0 Å². The van der Waals surface area contributed by atoms with E-state index in [4.69, 9.17) is 0 Å². The lowest BCUT2D eigenvalue weighted by Crippen LogP contribution is -2.13. The molecule has 2 aromatic rings. The first kappa shape index (κ1) is 13.5. The van der Waals surface area contributed by atoms with Crippen LogP contribution in [0, 0.1) is 3.57 Å². The molecule has 0 fully saturated rings. The maximum atomic E-state index is 4.29. The number of rotatable bonds is 6. The van der Waals surface area contributed by atoms with Gasteiger partial charge >= 0.3 is 0 Å². The lowest BCUT2D eigenvalue weighted by molar-refractivity contribution is 0.672. The molecule has 1 heterocycles. The summed E-state index contributed by atoms with van der Waals surface area (Å²) in [5, 5.41) is 7.70. The van der Waals surface area contributed by atoms with Crippen LogP contribution in [0.1, 0.15) is 24.5 Å². The Bertz CT molecular complexity index is 476. The van der Waals surface area contributed by atoms with E-state index in [9.17, 15) is 0 Å². The Hall–Kier alpha value is -0.880. The zero-order valence-electron chi connectivity index (χ0n) is 10.6. The lowest BCUT2D eigenvalue weighted by atomic mass is 10.1. The molecule has 0 aliphatic rings. The molecule has 0 amide bonds. The molecular formula is C14H18IN3. The highest BCUT2D eigenvalue weighted by atomic mass is 127. The lowest BCUT2D eigenvalue weighted by Gasteiger charge is -2.05. The zero-order chi connectivity index (χ0) is 12.8. The van der Waals surface area contributed by atoms with E-state index < -0.39 is 0 Å². The van der Waals surface area contributed by atoms with Crippen LogP contribution >= 0.6 is 22.6 Å². The third-order valence-electron chi connectivity index (χ3n) is 2.73. The summed E-state index contributed by atoms with van der Waals surface area (Å²) in [7, 11) is 0. The molecular weight excluding hydrogens is 337 g/mol. The minimum absolute atomic E-state index is 0.839. The van der Waals surface area contributed by atoms with E-state index in [2.05, 4.69) is 70.4 Å². The number of benzene rings is 1. The molecule has 1 aromatic heterocycles. The maximum absolute atomic E-state index is 4.29. The van der Waals surface area contributed by atoms with Gasteiger partial charge in [0.15, 0.2) is 0 Å². The van der Waals surface area contributed by atoms with Crippen molar-refractivity contribution in [3.05, 3.63) is 51.4 Å². The standard InChI is InChI=1S/C14H18IN3/c1-2-7-16-8-12-3-5-13(6-4-12)10-18-11-14(15)9-17-18/h3-6,9,11,16H,2,7-8,10H2,1H3. The number of nitrogens with one attached hydrogen (secondary N) is 1. The Morgan fingerprint density at radius 3 is 2.56 bits per heavy atom. The Labute approximate surface area is 122 Å². The number of hydrogen-bond acceptors (Lipinski definition) is 2. The van der Waals surface area contributed by atoms with E-state index in [0.29, 0.717) is 0 Å². The second-order valence-electron chi connectivity index (χ2n) is 4.35. The van der Waals surface area contributed by atoms with Crippen molar-refractivity contribution in [2.75, 3.05) is 6.54 Å². The summed E-state index contributed by atoms with van der Waals surface area (Å²) in [6.45, 7) is 5.05. The predicted molar refractivity (Wildman–Crippen MR) is 82.5 cm³/mol. The molecule has 3 nitrogen and oxygen atoms in total. The van der Waals surface area contributed by atoms with Crippen molar-refractivity contribution in [1.82, 2.24) is 15.1 Å². The molecule has 1 N–H and O–H groups in total. The van der Waals surface area contributed by atoms with E-state index in [0.717, 1.165) is 19.6 Å². The van der Waals surface area contributed by atoms with E-state index in [1.807, 2.05) is 10.9 Å². The Morgan fingerprint density at radius 2 is 1.94 bits per heavy atom. The molecule has 18 heavy (non-hydrogen) atoms. The third kappa shape index (κ3) is 4.10. The largest absolute Gasteiger partial charge is 0.313 e. The van der Waals surface area contributed by atoms with Crippen LogP contribution in [0.4, 0.5) is 0 Å². The summed E-state index contributed by atoms with van der Waals surface area (Å²) >= 11 is 2.28. The fourth-order valence-electron chi connectivity index (χ4n) is 1.78. The van der Waals surface area contributed by atoms with Crippen molar-refractivity contribution in [2.45, 2.75) is 26.4 Å². The summed E-state index contributed by atoms with van der Waals surface area (Å²) < 4.78 is 3.14. The Balaban J connectivity index is 1.91. The van der Waals surface area contributed by atoms with Crippen molar-refractivity contribution < 1.29 is 0 Å². The summed E-state index contributed by atoms with van der Waals surface area (Å²) in [6.07, 6.45) is 5.11. The molecule has 0 spiro atoms. The van der Waals surface area contributed by atoms with Crippen LogP contribution < -0.4 is 5.32 Å². The number of aromatic nitrogens is 2. The molecule has 96 valence electrons. The molecule has 0 atom stereocenters. The molecule has 0 aliphatic heterocycles. The monoisotopic (exact) mass is 355 g/mol. The normalized spacial score (nSPS) is 10.8. The number of nitrogens with zero attached hydrogens (tertiary/aromatic N) is 2. The van der Waals surface area contributed by atoms with Crippen LogP contribution in [-0.2, 0) is 13.1 Å². The van der Waals surface area contributed by atoms with Crippen LogP contribution in [0.2, 0.25) is 0 Å². The van der Waals surface area contributed by atoms with Gasteiger partial charge in [-0.2, -0.15) is 5.10 Å². The van der Waals surface area contributed by atoms with E-state index in [1.54, 1.807) is 0 Å². The first-order valence-corrected chi connectivity index (χ1v) is 7.32. The quantitative estimate of drug-likeness (QED) is 0.638. The van der Waals surface area contributed by atoms with Crippen molar-refractivity contribution >= 4 is 22.6 Å². The predicted octanol–water partition coefficient (Wildman–Crippen LogP) is 3.04. The molecule has 0 saturated carbocycles. The molecule has 0 aliphatic carbocycles. The molecule has 2 rings (SSSR count). The molecule has 0 radical (unpaired) electrons. The average molecular weight is 355 g/mol. The summed E-state index contributed by atoms with van der Waals surface area (Å²) in [6, 6.07) is 8.73. The first-order chi connectivity index (χ1) is 8.78. The fourth-order valence-corrected chi connectivity index (χ4v) is 2.23. The van der Waals surface area contributed by atoms with E-state index >= 15 is 0 Å². The second kappa shape index (κ2) is 6.89. The van der Waals surface area contributed by atoms with Crippen molar-refractivity contribution in [3.8, 4) is 0 Å². The van der Waals surface area contributed by atoms with Crippen LogP contribution in [0.3, 0.4) is 0 Å². The van der Waals surface area contributed by atoms with Gasteiger partial charge in [0.25, 0.3) is 0 Å². The highest BCUT2D eigenvalue weighted by Crippen LogP contribution is 2.08. The highest BCUT2D eigenvalue weighted by molar-refractivity contribution is 14.1.